The van der Waals surface area contributed by atoms with Crippen LogP contribution in [0.4, 0.5) is 5.82 Å². The number of thiazole rings is 1. The van der Waals surface area contributed by atoms with Gasteiger partial charge in [-0.2, -0.15) is 0 Å². The van der Waals surface area contributed by atoms with Crippen molar-refractivity contribution in [3.05, 3.63) is 48.2 Å². The summed E-state index contributed by atoms with van der Waals surface area (Å²) in [5.74, 6) is 0.845. The number of nitrogens with one attached hydrogen (secondary N) is 1. The number of carbonyl (C=O) groups is 1. The van der Waals surface area contributed by atoms with E-state index in [0.717, 1.165) is 20.3 Å². The maximum Gasteiger partial charge on any atom is 0.235 e. The molecule has 3 aromatic rings. The Hall–Kier alpha value is -1.92. The van der Waals surface area contributed by atoms with Gasteiger partial charge in [-0.3, -0.25) is 4.79 Å². The van der Waals surface area contributed by atoms with Crippen molar-refractivity contribution in [2.24, 2.45) is 0 Å². The molecule has 0 aliphatic carbocycles. The van der Waals surface area contributed by atoms with Gasteiger partial charge in [0.2, 0.25) is 5.91 Å². The number of anilines is 1. The van der Waals surface area contributed by atoms with Crippen LogP contribution in [-0.4, -0.2) is 21.6 Å². The summed E-state index contributed by atoms with van der Waals surface area (Å²) in [6.45, 7) is 1.89. The predicted molar refractivity (Wildman–Crippen MR) is 87.9 cm³/mol. The molecule has 2 aromatic heterocycles. The number of amides is 1. The number of aromatic nitrogens is 2. The van der Waals surface area contributed by atoms with E-state index in [4.69, 9.17) is 0 Å². The number of hydrogen-bond acceptors (Lipinski definition) is 5. The normalized spacial score (nSPS) is 10.7. The molecule has 4 nitrogen and oxygen atoms in total. The zero-order chi connectivity index (χ0) is 14.7. The van der Waals surface area contributed by atoms with Crippen LogP contribution in [0.1, 0.15) is 5.69 Å². The standard InChI is InChI=1S/C15H13N3OS2/c1-10-5-4-8-13(16-10)18-14(19)9-20-15-17-11-6-2-3-7-12(11)21-15/h2-8H,9H2,1H3,(H,16,18,19). The molecule has 1 aromatic carbocycles. The van der Waals surface area contributed by atoms with Crippen molar-refractivity contribution in [3.8, 4) is 0 Å². The van der Waals surface area contributed by atoms with Crippen LogP contribution in [0.2, 0.25) is 0 Å². The second-order valence-electron chi connectivity index (χ2n) is 4.45. The van der Waals surface area contributed by atoms with Crippen LogP contribution < -0.4 is 5.32 Å². The van der Waals surface area contributed by atoms with Gasteiger partial charge < -0.3 is 5.32 Å². The molecule has 0 spiro atoms. The third kappa shape index (κ3) is 3.59. The average Bonchev–Trinajstić information content (AvgIpc) is 2.88. The highest BCUT2D eigenvalue weighted by Gasteiger charge is 2.08. The van der Waals surface area contributed by atoms with Crippen molar-refractivity contribution in [3.63, 3.8) is 0 Å². The molecule has 0 aliphatic heterocycles. The van der Waals surface area contributed by atoms with Gasteiger partial charge in [-0.1, -0.05) is 30.0 Å². The lowest BCUT2D eigenvalue weighted by molar-refractivity contribution is -0.113. The van der Waals surface area contributed by atoms with Crippen molar-refractivity contribution in [2.75, 3.05) is 11.1 Å². The summed E-state index contributed by atoms with van der Waals surface area (Å²) in [7, 11) is 0. The fraction of sp³-hybridized carbons (Fsp3) is 0.133. The number of aryl methyl sites for hydroxylation is 1. The summed E-state index contributed by atoms with van der Waals surface area (Å²) in [6.07, 6.45) is 0. The highest BCUT2D eigenvalue weighted by atomic mass is 32.2. The summed E-state index contributed by atoms with van der Waals surface area (Å²) in [5.41, 5.74) is 1.86. The molecular weight excluding hydrogens is 302 g/mol. The van der Waals surface area contributed by atoms with E-state index < -0.39 is 0 Å². The molecule has 0 radical (unpaired) electrons. The molecule has 6 heteroatoms. The van der Waals surface area contributed by atoms with Gasteiger partial charge in [0.15, 0.2) is 4.34 Å². The molecule has 0 atom stereocenters. The molecular formula is C15H13N3OS2. The first-order valence-corrected chi connectivity index (χ1v) is 8.23. The van der Waals surface area contributed by atoms with Gasteiger partial charge in [-0.05, 0) is 31.2 Å². The number of benzene rings is 1. The first-order valence-electron chi connectivity index (χ1n) is 6.42. The summed E-state index contributed by atoms with van der Waals surface area (Å²) in [6, 6.07) is 13.5. The molecule has 106 valence electrons. The quantitative estimate of drug-likeness (QED) is 0.745. The van der Waals surface area contributed by atoms with Gasteiger partial charge in [0.25, 0.3) is 0 Å². The van der Waals surface area contributed by atoms with Crippen LogP contribution in [0.3, 0.4) is 0 Å². The van der Waals surface area contributed by atoms with Crippen LogP contribution in [0.15, 0.2) is 46.8 Å². The van der Waals surface area contributed by atoms with Gasteiger partial charge >= 0.3 is 0 Å². The van der Waals surface area contributed by atoms with E-state index in [2.05, 4.69) is 15.3 Å². The Kier molecular flexibility index (Phi) is 4.17. The van der Waals surface area contributed by atoms with Crippen molar-refractivity contribution in [1.82, 2.24) is 9.97 Å². The smallest absolute Gasteiger partial charge is 0.235 e. The third-order valence-corrected chi connectivity index (χ3v) is 4.94. The molecule has 0 aliphatic rings. The SMILES string of the molecule is Cc1cccc(NC(=O)CSc2nc3ccccc3s2)n1. The van der Waals surface area contributed by atoms with Crippen molar-refractivity contribution in [1.29, 1.82) is 0 Å². The maximum absolute atomic E-state index is 11.9. The van der Waals surface area contributed by atoms with Crippen LogP contribution in [0, 0.1) is 6.92 Å². The molecule has 2 heterocycles. The Balaban J connectivity index is 1.60. The number of fused-ring (bicyclic) bond motifs is 1. The third-order valence-electron chi connectivity index (χ3n) is 2.76. The van der Waals surface area contributed by atoms with Gasteiger partial charge in [-0.25, -0.2) is 9.97 Å². The fourth-order valence-electron chi connectivity index (χ4n) is 1.83. The largest absolute Gasteiger partial charge is 0.310 e. The zero-order valence-electron chi connectivity index (χ0n) is 11.4. The Bertz CT molecular complexity index is 752. The summed E-state index contributed by atoms with van der Waals surface area (Å²) >= 11 is 3.05. The molecule has 21 heavy (non-hydrogen) atoms. The minimum Gasteiger partial charge on any atom is -0.310 e. The van der Waals surface area contributed by atoms with Gasteiger partial charge in [0, 0.05) is 5.69 Å². The minimum atomic E-state index is -0.0719. The number of carbonyl (C=O) groups excluding carboxylic acids is 1. The summed E-state index contributed by atoms with van der Waals surface area (Å²) in [4.78, 5) is 20.7. The van der Waals surface area contributed by atoms with E-state index in [9.17, 15) is 4.79 Å². The number of para-hydroxylation sites is 1. The van der Waals surface area contributed by atoms with Crippen LogP contribution in [-0.2, 0) is 4.79 Å². The van der Waals surface area contributed by atoms with E-state index in [1.165, 1.54) is 11.8 Å². The molecule has 0 saturated heterocycles. The van der Waals surface area contributed by atoms with E-state index in [0.29, 0.717) is 11.6 Å². The molecule has 0 fully saturated rings. The Morgan fingerprint density at radius 2 is 2.05 bits per heavy atom. The fourth-order valence-corrected chi connectivity index (χ4v) is 3.70. The van der Waals surface area contributed by atoms with Crippen LogP contribution >= 0.6 is 23.1 Å². The van der Waals surface area contributed by atoms with Crippen molar-refractivity contribution >= 4 is 45.0 Å². The van der Waals surface area contributed by atoms with Crippen LogP contribution in [0.5, 0.6) is 0 Å². The lowest BCUT2D eigenvalue weighted by Crippen LogP contribution is -2.15. The average molecular weight is 315 g/mol. The maximum atomic E-state index is 11.9. The molecule has 3 rings (SSSR count). The first-order chi connectivity index (χ1) is 10.2. The van der Waals surface area contributed by atoms with Crippen molar-refractivity contribution < 1.29 is 4.79 Å². The number of rotatable bonds is 4. The number of hydrogen-bond donors (Lipinski definition) is 1. The second kappa shape index (κ2) is 6.24. The summed E-state index contributed by atoms with van der Waals surface area (Å²) < 4.78 is 2.05. The van der Waals surface area contributed by atoms with E-state index in [-0.39, 0.29) is 5.91 Å². The molecule has 0 bridgehead atoms. The summed E-state index contributed by atoms with van der Waals surface area (Å²) in [5, 5.41) is 2.79. The monoisotopic (exact) mass is 315 g/mol. The second-order valence-corrected chi connectivity index (χ2v) is 6.70. The zero-order valence-corrected chi connectivity index (χ0v) is 13.0. The topological polar surface area (TPSA) is 54.9 Å². The predicted octanol–water partition coefficient (Wildman–Crippen LogP) is 3.73. The van der Waals surface area contributed by atoms with Gasteiger partial charge in [-0.15, -0.1) is 11.3 Å². The van der Waals surface area contributed by atoms with E-state index in [1.54, 1.807) is 17.4 Å². The van der Waals surface area contributed by atoms with E-state index in [1.807, 2.05) is 43.3 Å². The Morgan fingerprint density at radius 1 is 1.19 bits per heavy atom. The highest BCUT2D eigenvalue weighted by Crippen LogP contribution is 2.29. The van der Waals surface area contributed by atoms with E-state index >= 15 is 0 Å². The van der Waals surface area contributed by atoms with Crippen molar-refractivity contribution in [2.45, 2.75) is 11.3 Å². The Labute approximate surface area is 130 Å². The number of pyridine rings is 1. The lowest BCUT2D eigenvalue weighted by Gasteiger charge is -2.03. The number of nitrogens with zero attached hydrogens (tertiary/aromatic N) is 2. The first kappa shape index (κ1) is 14.0. The molecule has 1 N–H and O–H groups in total. The Morgan fingerprint density at radius 3 is 2.86 bits per heavy atom. The molecule has 1 amide bonds. The van der Waals surface area contributed by atoms with Gasteiger partial charge in [0.1, 0.15) is 5.82 Å². The highest BCUT2D eigenvalue weighted by molar-refractivity contribution is 8.01. The van der Waals surface area contributed by atoms with Crippen LogP contribution in [0.25, 0.3) is 10.2 Å². The molecule has 0 saturated carbocycles. The number of thioether (sulfide) groups is 1. The minimum absolute atomic E-state index is 0.0719. The van der Waals surface area contributed by atoms with Gasteiger partial charge in [0.05, 0.1) is 16.0 Å². The lowest BCUT2D eigenvalue weighted by atomic mass is 10.3. The molecule has 0 unspecified atom stereocenters.